The molecule has 1 fully saturated rings. The molecule has 6 heteroatoms. The van der Waals surface area contributed by atoms with Gasteiger partial charge in [0.25, 0.3) is 11.1 Å². The predicted molar refractivity (Wildman–Crippen MR) is 116 cm³/mol. The Kier molecular flexibility index (Phi) is 6.64. The molecule has 0 saturated carbocycles. The van der Waals surface area contributed by atoms with E-state index < -0.39 is 0 Å². The van der Waals surface area contributed by atoms with Gasteiger partial charge in [0.1, 0.15) is 11.5 Å². The monoisotopic (exact) mass is 411 g/mol. The first-order chi connectivity index (χ1) is 13.8. The molecular weight excluding hydrogens is 386 g/mol. The number of benzene rings is 2. The summed E-state index contributed by atoms with van der Waals surface area (Å²) < 4.78 is 11.5. The number of ether oxygens (including phenoxy) is 2. The van der Waals surface area contributed by atoms with Crippen LogP contribution >= 0.6 is 11.8 Å². The molecule has 3 rings (SSSR count). The molecule has 0 aromatic heterocycles. The molecule has 0 bridgehead atoms. The number of carbonyl (C=O) groups is 2. The number of imide groups is 1. The molecule has 0 radical (unpaired) electrons. The molecular formula is C23H25NO4S. The van der Waals surface area contributed by atoms with Crippen molar-refractivity contribution in [3.05, 3.63) is 64.6 Å². The first kappa shape index (κ1) is 21.0. The second kappa shape index (κ2) is 9.18. The van der Waals surface area contributed by atoms with Crippen molar-refractivity contribution in [2.75, 3.05) is 13.2 Å². The van der Waals surface area contributed by atoms with Gasteiger partial charge >= 0.3 is 0 Å². The molecule has 1 saturated heterocycles. The van der Waals surface area contributed by atoms with Crippen LogP contribution < -0.4 is 14.8 Å². The van der Waals surface area contributed by atoms with E-state index in [2.05, 4.69) is 38.2 Å². The minimum atomic E-state index is -0.353. The Balaban J connectivity index is 1.40. The zero-order chi connectivity index (χ0) is 20.9. The van der Waals surface area contributed by atoms with E-state index in [0.717, 1.165) is 35.2 Å². The molecule has 1 aliphatic rings. The number of thioether (sulfide) groups is 1. The van der Waals surface area contributed by atoms with E-state index in [1.165, 1.54) is 5.56 Å². The minimum absolute atomic E-state index is 0.137. The maximum Gasteiger partial charge on any atom is 0.290 e. The summed E-state index contributed by atoms with van der Waals surface area (Å²) in [7, 11) is 0. The van der Waals surface area contributed by atoms with E-state index in [9.17, 15) is 9.59 Å². The second-order valence-corrected chi connectivity index (χ2v) is 8.76. The van der Waals surface area contributed by atoms with Crippen molar-refractivity contribution in [3.63, 3.8) is 0 Å². The van der Waals surface area contributed by atoms with E-state index in [0.29, 0.717) is 18.1 Å². The second-order valence-electron chi connectivity index (χ2n) is 7.75. The Bertz CT molecular complexity index is 896. The zero-order valence-corrected chi connectivity index (χ0v) is 17.7. The molecule has 0 spiro atoms. The Hall–Kier alpha value is -2.73. The highest BCUT2D eigenvalue weighted by atomic mass is 32.2. The van der Waals surface area contributed by atoms with Crippen molar-refractivity contribution in [2.24, 2.45) is 0 Å². The lowest BCUT2D eigenvalue weighted by Gasteiger charge is -2.19. The lowest BCUT2D eigenvalue weighted by atomic mass is 9.87. The Labute approximate surface area is 175 Å². The maximum absolute atomic E-state index is 11.6. The number of hydrogen-bond acceptors (Lipinski definition) is 5. The van der Waals surface area contributed by atoms with E-state index in [1.807, 2.05) is 36.4 Å². The van der Waals surface area contributed by atoms with Crippen LogP contribution in [-0.2, 0) is 10.2 Å². The summed E-state index contributed by atoms with van der Waals surface area (Å²) in [5.74, 6) is 1.26. The first-order valence-corrected chi connectivity index (χ1v) is 10.3. The topological polar surface area (TPSA) is 64.6 Å². The van der Waals surface area contributed by atoms with Gasteiger partial charge in [0, 0.05) is 6.42 Å². The highest BCUT2D eigenvalue weighted by Gasteiger charge is 2.24. The molecule has 0 atom stereocenters. The van der Waals surface area contributed by atoms with Crippen LogP contribution in [0.25, 0.3) is 6.08 Å². The van der Waals surface area contributed by atoms with Crippen LogP contribution in [0.2, 0.25) is 0 Å². The summed E-state index contributed by atoms with van der Waals surface area (Å²) in [5, 5.41) is 1.90. The van der Waals surface area contributed by atoms with E-state index in [4.69, 9.17) is 9.47 Å². The number of hydrogen-bond donors (Lipinski definition) is 1. The van der Waals surface area contributed by atoms with Crippen LogP contribution in [0, 0.1) is 0 Å². The van der Waals surface area contributed by atoms with Gasteiger partial charge < -0.3 is 9.47 Å². The van der Waals surface area contributed by atoms with Crippen LogP contribution in [0.1, 0.15) is 38.3 Å². The molecule has 0 unspecified atom stereocenters. The average molecular weight is 412 g/mol. The molecule has 2 aromatic carbocycles. The summed E-state index contributed by atoms with van der Waals surface area (Å²) in [5.41, 5.74) is 2.26. The third kappa shape index (κ3) is 6.12. The number of nitrogens with one attached hydrogen (secondary N) is 1. The van der Waals surface area contributed by atoms with Crippen molar-refractivity contribution in [1.82, 2.24) is 5.32 Å². The largest absolute Gasteiger partial charge is 0.493 e. The number of amides is 2. The van der Waals surface area contributed by atoms with E-state index >= 15 is 0 Å². The van der Waals surface area contributed by atoms with Crippen molar-refractivity contribution in [3.8, 4) is 11.5 Å². The Morgan fingerprint density at radius 3 is 1.93 bits per heavy atom. The van der Waals surface area contributed by atoms with Crippen LogP contribution in [0.15, 0.2) is 53.4 Å². The molecule has 29 heavy (non-hydrogen) atoms. The summed E-state index contributed by atoms with van der Waals surface area (Å²) >= 11 is 0.908. The molecule has 152 valence electrons. The van der Waals surface area contributed by atoms with Crippen molar-refractivity contribution in [1.29, 1.82) is 0 Å². The zero-order valence-electron chi connectivity index (χ0n) is 16.9. The van der Waals surface area contributed by atoms with Crippen molar-refractivity contribution < 1.29 is 19.1 Å². The van der Waals surface area contributed by atoms with Crippen molar-refractivity contribution >= 4 is 29.0 Å². The standard InChI is InChI=1S/C23H25NO4S/c1-23(2,3)17-7-11-19(12-8-17)28-14-4-13-27-18-9-5-16(6-10-18)15-20-21(25)24-22(26)29-20/h5-12,15H,4,13-14H2,1-3H3,(H,24,25,26)/b20-15-. The van der Waals surface area contributed by atoms with E-state index in [-0.39, 0.29) is 16.6 Å². The molecule has 0 aliphatic carbocycles. The Morgan fingerprint density at radius 1 is 0.897 bits per heavy atom. The highest BCUT2D eigenvalue weighted by molar-refractivity contribution is 8.18. The third-order valence-electron chi connectivity index (χ3n) is 4.37. The fraction of sp³-hybridized carbons (Fsp3) is 0.304. The molecule has 5 nitrogen and oxygen atoms in total. The predicted octanol–water partition coefficient (Wildman–Crippen LogP) is 5.16. The van der Waals surface area contributed by atoms with Gasteiger partial charge in [-0.3, -0.25) is 14.9 Å². The summed E-state index contributed by atoms with van der Waals surface area (Å²) in [6, 6.07) is 15.6. The fourth-order valence-corrected chi connectivity index (χ4v) is 3.41. The molecule has 1 heterocycles. The normalized spacial score (nSPS) is 15.5. The average Bonchev–Trinajstić information content (AvgIpc) is 2.99. The maximum atomic E-state index is 11.6. The fourth-order valence-electron chi connectivity index (χ4n) is 2.72. The highest BCUT2D eigenvalue weighted by Crippen LogP contribution is 2.26. The van der Waals surface area contributed by atoms with Gasteiger partial charge in [-0.15, -0.1) is 0 Å². The van der Waals surface area contributed by atoms with Crippen LogP contribution in [0.5, 0.6) is 11.5 Å². The summed E-state index contributed by atoms with van der Waals surface area (Å²) in [6.07, 6.45) is 2.46. The van der Waals surface area contributed by atoms with E-state index in [1.54, 1.807) is 6.08 Å². The minimum Gasteiger partial charge on any atom is -0.493 e. The molecule has 1 aliphatic heterocycles. The van der Waals surface area contributed by atoms with Gasteiger partial charge in [-0.1, -0.05) is 45.0 Å². The van der Waals surface area contributed by atoms with Crippen LogP contribution in [0.3, 0.4) is 0 Å². The smallest absolute Gasteiger partial charge is 0.290 e. The number of rotatable bonds is 7. The quantitative estimate of drug-likeness (QED) is 0.504. The summed E-state index contributed by atoms with van der Waals surface area (Å²) in [6.45, 7) is 7.70. The molecule has 1 N–H and O–H groups in total. The third-order valence-corrected chi connectivity index (χ3v) is 5.18. The van der Waals surface area contributed by atoms with Gasteiger partial charge in [-0.05, 0) is 58.6 Å². The van der Waals surface area contributed by atoms with Crippen LogP contribution in [0.4, 0.5) is 4.79 Å². The number of carbonyl (C=O) groups excluding carboxylic acids is 2. The first-order valence-electron chi connectivity index (χ1n) is 9.52. The van der Waals surface area contributed by atoms with Crippen LogP contribution in [-0.4, -0.2) is 24.4 Å². The lowest BCUT2D eigenvalue weighted by molar-refractivity contribution is -0.115. The van der Waals surface area contributed by atoms with Gasteiger partial charge in [-0.25, -0.2) is 0 Å². The molecule has 2 amide bonds. The van der Waals surface area contributed by atoms with Gasteiger partial charge in [0.15, 0.2) is 0 Å². The van der Waals surface area contributed by atoms with Gasteiger partial charge in [0.2, 0.25) is 0 Å². The lowest BCUT2D eigenvalue weighted by Crippen LogP contribution is -2.17. The molecule has 2 aromatic rings. The SMILES string of the molecule is CC(C)(C)c1ccc(OCCCOc2ccc(/C=C3\SC(=O)NC3=O)cc2)cc1. The summed E-state index contributed by atoms with van der Waals surface area (Å²) in [4.78, 5) is 23.1. The van der Waals surface area contributed by atoms with Crippen molar-refractivity contribution in [2.45, 2.75) is 32.6 Å². The van der Waals surface area contributed by atoms with Gasteiger partial charge in [0.05, 0.1) is 18.1 Å². The van der Waals surface area contributed by atoms with Gasteiger partial charge in [-0.2, -0.15) is 0 Å². The Morgan fingerprint density at radius 2 is 1.45 bits per heavy atom.